The van der Waals surface area contributed by atoms with Crippen LogP contribution in [-0.4, -0.2) is 123 Å². The fourth-order valence-corrected chi connectivity index (χ4v) is 13.2. The lowest BCUT2D eigenvalue weighted by atomic mass is 9.49. The zero-order valence-corrected chi connectivity index (χ0v) is 32.6. The van der Waals surface area contributed by atoms with Gasteiger partial charge in [-0.2, -0.15) is 0 Å². The molecule has 4 saturated carbocycles. The first-order valence-electron chi connectivity index (χ1n) is 20.0. The van der Waals surface area contributed by atoms with Gasteiger partial charge >= 0.3 is 11.9 Å². The molecule has 1 spiro atoms. The molecule has 0 radical (unpaired) electrons. The third-order valence-electron chi connectivity index (χ3n) is 15.9. The quantitative estimate of drug-likeness (QED) is 0.256. The number of aliphatic hydroxyl groups excluding tert-OH is 2. The van der Waals surface area contributed by atoms with Crippen LogP contribution in [0.4, 0.5) is 0 Å². The molecular formula is C41H59NO12. The number of fused-ring (bicyclic) bond motifs is 5. The highest BCUT2D eigenvalue weighted by Gasteiger charge is 2.87. The maximum absolute atomic E-state index is 13.7. The van der Waals surface area contributed by atoms with Gasteiger partial charge in [-0.1, -0.05) is 27.7 Å². The Hall–Kier alpha value is -2.52. The van der Waals surface area contributed by atoms with E-state index in [2.05, 4.69) is 11.8 Å². The van der Waals surface area contributed by atoms with Crippen molar-refractivity contribution in [2.24, 2.45) is 46.8 Å². The predicted octanol–water partition coefficient (Wildman–Crippen LogP) is 2.66. The second-order valence-electron chi connectivity index (χ2n) is 18.4. The van der Waals surface area contributed by atoms with Gasteiger partial charge in [0.1, 0.15) is 5.60 Å². The summed E-state index contributed by atoms with van der Waals surface area (Å²) in [5, 5.41) is 63.4. The summed E-state index contributed by atoms with van der Waals surface area (Å²) in [5.41, 5.74) is -5.29. The van der Waals surface area contributed by atoms with Crippen LogP contribution < -0.4 is 9.47 Å². The van der Waals surface area contributed by atoms with E-state index in [1.807, 2.05) is 13.8 Å². The second kappa shape index (κ2) is 12.7. The highest BCUT2D eigenvalue weighted by molar-refractivity contribution is 5.90. The number of hydrogen-bond acceptors (Lipinski definition) is 13. The molecule has 4 aliphatic carbocycles. The molecule has 17 atom stereocenters. The zero-order valence-electron chi connectivity index (χ0n) is 32.6. The average molecular weight is 758 g/mol. The highest BCUT2D eigenvalue weighted by atomic mass is 16.7. The van der Waals surface area contributed by atoms with E-state index in [0.29, 0.717) is 36.8 Å². The minimum atomic E-state index is -2.01. The van der Waals surface area contributed by atoms with E-state index in [1.165, 1.54) is 20.3 Å². The van der Waals surface area contributed by atoms with Gasteiger partial charge in [-0.05, 0) is 87.8 Å². The lowest BCUT2D eigenvalue weighted by molar-refractivity contribution is -0.298. The molecule has 7 fully saturated rings. The summed E-state index contributed by atoms with van der Waals surface area (Å²) in [5.74, 6) is -6.21. The van der Waals surface area contributed by atoms with E-state index in [-0.39, 0.29) is 30.9 Å². The van der Waals surface area contributed by atoms with Crippen LogP contribution in [0.15, 0.2) is 18.2 Å². The number of methoxy groups -OCH3 is 2. The van der Waals surface area contributed by atoms with Crippen LogP contribution in [0.2, 0.25) is 0 Å². The van der Waals surface area contributed by atoms with E-state index in [9.17, 15) is 35.1 Å². The smallest absolute Gasteiger partial charge is 0.338 e. The molecule has 13 heteroatoms. The minimum absolute atomic E-state index is 0.0263. The van der Waals surface area contributed by atoms with Crippen LogP contribution in [-0.2, 0) is 19.0 Å². The molecular weight excluding hydrogens is 698 g/mol. The first-order chi connectivity index (χ1) is 25.4. The summed E-state index contributed by atoms with van der Waals surface area (Å²) < 4.78 is 30.0. The summed E-state index contributed by atoms with van der Waals surface area (Å²) >= 11 is 0. The third-order valence-corrected chi connectivity index (χ3v) is 15.9. The number of carbonyl (C=O) groups excluding carboxylic acids is 2. The summed E-state index contributed by atoms with van der Waals surface area (Å²) in [4.78, 5) is 29.6. The molecule has 3 saturated heterocycles. The largest absolute Gasteiger partial charge is 0.493 e. The van der Waals surface area contributed by atoms with Crippen molar-refractivity contribution in [1.82, 2.24) is 4.90 Å². The van der Waals surface area contributed by atoms with Gasteiger partial charge in [-0.15, -0.1) is 0 Å². The topological polar surface area (TPSA) is 185 Å². The van der Waals surface area contributed by atoms with Crippen molar-refractivity contribution < 1.29 is 58.8 Å². The molecule has 7 aliphatic rings. The van der Waals surface area contributed by atoms with E-state index < -0.39 is 99.9 Å². The summed E-state index contributed by atoms with van der Waals surface area (Å²) in [7, 11) is 2.96. The summed E-state index contributed by atoms with van der Waals surface area (Å²) in [6, 6.07) is 4.44. The molecule has 1 aromatic rings. The molecule has 8 rings (SSSR count). The van der Waals surface area contributed by atoms with Crippen molar-refractivity contribution in [3.05, 3.63) is 23.8 Å². The van der Waals surface area contributed by atoms with Gasteiger partial charge in [-0.25, -0.2) is 4.79 Å². The van der Waals surface area contributed by atoms with Crippen molar-refractivity contribution in [3.63, 3.8) is 0 Å². The normalized spacial score (nSPS) is 49.4. The van der Waals surface area contributed by atoms with Gasteiger partial charge in [0.25, 0.3) is 0 Å². The number of esters is 2. The Morgan fingerprint density at radius 1 is 1.02 bits per heavy atom. The van der Waals surface area contributed by atoms with Crippen molar-refractivity contribution in [1.29, 1.82) is 0 Å². The number of nitrogens with zero attached hydrogens (tertiary/aromatic N) is 1. The fourth-order valence-electron chi connectivity index (χ4n) is 13.2. The number of rotatable bonds is 7. The Morgan fingerprint density at radius 3 is 2.43 bits per heavy atom. The van der Waals surface area contributed by atoms with E-state index in [0.717, 1.165) is 19.4 Å². The van der Waals surface area contributed by atoms with Gasteiger partial charge in [0.2, 0.25) is 5.79 Å². The van der Waals surface area contributed by atoms with Gasteiger partial charge in [0, 0.05) is 42.3 Å². The van der Waals surface area contributed by atoms with E-state index >= 15 is 0 Å². The monoisotopic (exact) mass is 757 g/mol. The third kappa shape index (κ3) is 4.94. The van der Waals surface area contributed by atoms with Gasteiger partial charge in [0.05, 0.1) is 49.1 Å². The molecule has 3 heterocycles. The lowest BCUT2D eigenvalue weighted by Gasteiger charge is -2.64. The number of hydrogen-bond donors (Lipinski definition) is 5. The fraction of sp³-hybridized carbons (Fsp3) is 0.805. The van der Waals surface area contributed by atoms with E-state index in [1.54, 1.807) is 26.0 Å². The average Bonchev–Trinajstić information content (AvgIpc) is 3.41. The molecule has 300 valence electrons. The second-order valence-corrected chi connectivity index (χ2v) is 18.4. The molecule has 0 amide bonds. The molecule has 5 N–H and O–H groups in total. The van der Waals surface area contributed by atoms with Crippen LogP contribution in [0.5, 0.6) is 11.5 Å². The van der Waals surface area contributed by atoms with Crippen LogP contribution in [0.1, 0.15) is 89.9 Å². The van der Waals surface area contributed by atoms with Crippen molar-refractivity contribution >= 4 is 11.9 Å². The zero-order chi connectivity index (χ0) is 38.9. The Balaban J connectivity index is 1.20. The maximum atomic E-state index is 13.7. The Bertz CT molecular complexity index is 1670. The minimum Gasteiger partial charge on any atom is -0.493 e. The van der Waals surface area contributed by atoms with Crippen LogP contribution in [0.3, 0.4) is 0 Å². The lowest BCUT2D eigenvalue weighted by Crippen LogP contribution is -2.77. The number of ether oxygens (including phenoxy) is 5. The first-order valence-corrected chi connectivity index (χ1v) is 20.0. The molecule has 0 unspecified atom stereocenters. The van der Waals surface area contributed by atoms with Crippen LogP contribution >= 0.6 is 0 Å². The van der Waals surface area contributed by atoms with Crippen molar-refractivity contribution in [2.75, 3.05) is 27.3 Å². The van der Waals surface area contributed by atoms with Gasteiger partial charge < -0.3 is 49.2 Å². The molecule has 54 heavy (non-hydrogen) atoms. The Labute approximate surface area is 317 Å². The van der Waals surface area contributed by atoms with Gasteiger partial charge in [-0.3, -0.25) is 9.69 Å². The molecule has 4 bridgehead atoms. The van der Waals surface area contributed by atoms with Crippen molar-refractivity contribution in [2.45, 2.75) is 133 Å². The number of carbonyl (C=O) groups is 2. The van der Waals surface area contributed by atoms with Gasteiger partial charge in [0.15, 0.2) is 23.7 Å². The molecule has 1 aromatic carbocycles. The summed E-state index contributed by atoms with van der Waals surface area (Å²) in [6.07, 6.45) is -2.12. The van der Waals surface area contributed by atoms with E-state index in [4.69, 9.17) is 23.7 Å². The van der Waals surface area contributed by atoms with Crippen LogP contribution in [0.25, 0.3) is 0 Å². The first kappa shape index (κ1) is 38.4. The molecule has 13 nitrogen and oxygen atoms in total. The Kier molecular flexibility index (Phi) is 9.05. The number of piperidine rings is 2. The number of aliphatic hydroxyl groups is 5. The maximum Gasteiger partial charge on any atom is 0.338 e. The summed E-state index contributed by atoms with van der Waals surface area (Å²) in [6.45, 7) is 10.8. The highest BCUT2D eigenvalue weighted by Crippen LogP contribution is 2.77. The van der Waals surface area contributed by atoms with Crippen molar-refractivity contribution in [3.8, 4) is 11.5 Å². The number of benzene rings is 1. The Morgan fingerprint density at radius 2 is 1.74 bits per heavy atom. The van der Waals surface area contributed by atoms with Crippen LogP contribution in [0, 0.1) is 46.8 Å². The SMILES string of the molecule is CC[C@@H](C)C(=O)O[C@H]1[C@H](O)[C@H]2[C@@H](CN3C[C@@H](C)CC[C@H]3[C@@]2(C)O)[C@@H]2C[C@]34O[C@@]5(O)[C@@H](OC(=O)c6ccc(OC)c(OC)c6)CC[C@@]3(C)[C@@H]5C[C@@H](O)[C@H]4[C@@]21O. The predicted molar refractivity (Wildman–Crippen MR) is 192 cm³/mol. The molecule has 3 aliphatic heterocycles. The standard InChI is InChI=1S/C41H59NO12/c1-8-21(3)35(45)53-34-32(44)31-23(19-42-18-20(2)9-12-29(42)38(31,5)47)24-17-39-33(40(24,34)48)25(43)16-28-37(39,4)14-13-30(41(28,49)54-39)52-36(46)22-10-11-26(50-6)27(15-22)51-7/h10-11,15,20-21,23-25,28-34,43-44,47-49H,8-9,12-14,16-19H2,1-7H3/t20-,21+,23-,24-,25+,28-,29-,30-,31+,32+,33+,34-,37-,38+,39+,40-,41+/m0/s1. The molecule has 0 aromatic heterocycles.